The van der Waals surface area contributed by atoms with Gasteiger partial charge in [0.25, 0.3) is 0 Å². The van der Waals surface area contributed by atoms with Crippen molar-refractivity contribution in [2.24, 2.45) is 5.73 Å². The summed E-state index contributed by atoms with van der Waals surface area (Å²) in [7, 11) is 3.15. The molecule has 0 saturated carbocycles. The highest BCUT2D eigenvalue weighted by atomic mass is 16.5. The number of hydrogen-bond donors (Lipinski definition) is 2. The van der Waals surface area contributed by atoms with E-state index in [4.69, 9.17) is 15.2 Å². The van der Waals surface area contributed by atoms with Gasteiger partial charge >= 0.3 is 0 Å². The van der Waals surface area contributed by atoms with E-state index >= 15 is 0 Å². The summed E-state index contributed by atoms with van der Waals surface area (Å²) in [6, 6.07) is 0. The van der Waals surface area contributed by atoms with Gasteiger partial charge in [-0.2, -0.15) is 0 Å². The predicted octanol–water partition coefficient (Wildman–Crippen LogP) is -0.499. The predicted molar refractivity (Wildman–Crippen MR) is 53.9 cm³/mol. The van der Waals surface area contributed by atoms with Gasteiger partial charge in [0, 0.05) is 20.8 Å². The van der Waals surface area contributed by atoms with Crippen molar-refractivity contribution < 1.29 is 14.3 Å². The van der Waals surface area contributed by atoms with Gasteiger partial charge in [-0.1, -0.05) is 0 Å². The van der Waals surface area contributed by atoms with E-state index in [0.717, 1.165) is 0 Å². The summed E-state index contributed by atoms with van der Waals surface area (Å²) in [5, 5.41) is 3.02. The number of primary amides is 1. The maximum absolute atomic E-state index is 11.3. The van der Waals surface area contributed by atoms with E-state index in [1.54, 1.807) is 28.1 Å². The molecule has 0 fully saturated rings. The molecular weight excluding hydrogens is 184 g/mol. The third kappa shape index (κ3) is 3.25. The normalized spacial score (nSPS) is 17.4. The van der Waals surface area contributed by atoms with Gasteiger partial charge in [0.05, 0.1) is 12.7 Å². The molecule has 0 aliphatic heterocycles. The Bertz CT molecular complexity index is 187. The maximum Gasteiger partial charge on any atom is 0.240 e. The summed E-state index contributed by atoms with van der Waals surface area (Å²) in [6.45, 7) is 4.60. The summed E-state index contributed by atoms with van der Waals surface area (Å²) >= 11 is 0. The molecule has 0 bridgehead atoms. The minimum Gasteiger partial charge on any atom is -0.383 e. The highest BCUT2D eigenvalue weighted by molar-refractivity contribution is 5.84. The molecule has 2 unspecified atom stereocenters. The first kappa shape index (κ1) is 13.4. The molecule has 0 aromatic rings. The van der Waals surface area contributed by atoms with Crippen LogP contribution in [0.1, 0.15) is 13.8 Å². The van der Waals surface area contributed by atoms with Crippen molar-refractivity contribution in [3.63, 3.8) is 0 Å². The van der Waals surface area contributed by atoms with Gasteiger partial charge in [-0.25, -0.2) is 0 Å². The van der Waals surface area contributed by atoms with Gasteiger partial charge in [-0.3, -0.25) is 10.1 Å². The Morgan fingerprint density at radius 1 is 1.57 bits per heavy atom. The Morgan fingerprint density at radius 2 is 2.14 bits per heavy atom. The minimum atomic E-state index is -0.854. The highest BCUT2D eigenvalue weighted by Gasteiger charge is 2.36. The molecular formula is C9H20N2O3. The van der Waals surface area contributed by atoms with Gasteiger partial charge < -0.3 is 15.2 Å². The van der Waals surface area contributed by atoms with Gasteiger partial charge in [0.1, 0.15) is 5.54 Å². The fourth-order valence-electron chi connectivity index (χ4n) is 1.08. The van der Waals surface area contributed by atoms with Crippen LogP contribution in [0, 0.1) is 0 Å². The third-order valence-electron chi connectivity index (χ3n) is 2.48. The summed E-state index contributed by atoms with van der Waals surface area (Å²) in [5.74, 6) is -0.428. The van der Waals surface area contributed by atoms with Crippen molar-refractivity contribution in [3.05, 3.63) is 0 Å². The number of nitrogens with one attached hydrogen (secondary N) is 1. The standard InChI is InChI=1S/C9H20N2O3/c1-7(14-4)9(2,8(10)12)11-5-6-13-3/h7,11H,5-6H2,1-4H3,(H2,10,12). The second-order valence-electron chi connectivity index (χ2n) is 3.36. The summed E-state index contributed by atoms with van der Waals surface area (Å²) in [5.41, 5.74) is 4.45. The number of methoxy groups -OCH3 is 2. The van der Waals surface area contributed by atoms with Crippen LogP contribution in [0.3, 0.4) is 0 Å². The number of carbonyl (C=O) groups is 1. The van der Waals surface area contributed by atoms with E-state index in [1.165, 1.54) is 0 Å². The Kier molecular flexibility index (Phi) is 5.68. The van der Waals surface area contributed by atoms with Crippen molar-refractivity contribution in [1.29, 1.82) is 0 Å². The Morgan fingerprint density at radius 3 is 2.50 bits per heavy atom. The molecule has 5 nitrogen and oxygen atoms in total. The smallest absolute Gasteiger partial charge is 0.240 e. The molecule has 0 aliphatic rings. The average molecular weight is 204 g/mol. The molecule has 3 N–H and O–H groups in total. The van der Waals surface area contributed by atoms with Crippen LogP contribution in [0.5, 0.6) is 0 Å². The fourth-order valence-corrected chi connectivity index (χ4v) is 1.08. The van der Waals surface area contributed by atoms with Gasteiger partial charge in [-0.15, -0.1) is 0 Å². The van der Waals surface area contributed by atoms with Crippen LogP contribution in [-0.4, -0.2) is 44.9 Å². The minimum absolute atomic E-state index is 0.281. The molecule has 0 spiro atoms. The SMILES string of the molecule is COCCNC(C)(C(N)=O)C(C)OC. The lowest BCUT2D eigenvalue weighted by Crippen LogP contribution is -2.61. The van der Waals surface area contributed by atoms with Crippen molar-refractivity contribution >= 4 is 5.91 Å². The molecule has 0 aliphatic carbocycles. The Hall–Kier alpha value is -0.650. The summed E-state index contributed by atoms with van der Waals surface area (Å²) in [6.07, 6.45) is -0.281. The third-order valence-corrected chi connectivity index (χ3v) is 2.48. The molecule has 14 heavy (non-hydrogen) atoms. The zero-order valence-electron chi connectivity index (χ0n) is 9.29. The van der Waals surface area contributed by atoms with E-state index in [9.17, 15) is 4.79 Å². The number of carbonyl (C=O) groups excluding carboxylic acids is 1. The van der Waals surface area contributed by atoms with Crippen molar-refractivity contribution in [2.45, 2.75) is 25.5 Å². The number of hydrogen-bond acceptors (Lipinski definition) is 4. The zero-order chi connectivity index (χ0) is 11.2. The second-order valence-corrected chi connectivity index (χ2v) is 3.36. The number of amides is 1. The van der Waals surface area contributed by atoms with Crippen LogP contribution in [0.2, 0.25) is 0 Å². The van der Waals surface area contributed by atoms with E-state index in [-0.39, 0.29) is 6.10 Å². The van der Waals surface area contributed by atoms with Gasteiger partial charge in [0.2, 0.25) is 5.91 Å². The maximum atomic E-state index is 11.3. The van der Waals surface area contributed by atoms with E-state index < -0.39 is 11.4 Å². The highest BCUT2D eigenvalue weighted by Crippen LogP contribution is 2.11. The van der Waals surface area contributed by atoms with E-state index in [2.05, 4.69) is 5.32 Å². The van der Waals surface area contributed by atoms with Gasteiger partial charge in [-0.05, 0) is 13.8 Å². The Labute approximate surface area is 84.9 Å². The monoisotopic (exact) mass is 204 g/mol. The first-order valence-corrected chi connectivity index (χ1v) is 4.55. The van der Waals surface area contributed by atoms with Crippen LogP contribution in [-0.2, 0) is 14.3 Å². The molecule has 0 aromatic heterocycles. The molecule has 0 aromatic carbocycles. The van der Waals surface area contributed by atoms with Crippen LogP contribution >= 0.6 is 0 Å². The van der Waals surface area contributed by atoms with Crippen molar-refractivity contribution in [3.8, 4) is 0 Å². The first-order chi connectivity index (χ1) is 6.49. The van der Waals surface area contributed by atoms with E-state index in [1.807, 2.05) is 0 Å². The van der Waals surface area contributed by atoms with Crippen molar-refractivity contribution in [2.75, 3.05) is 27.4 Å². The van der Waals surface area contributed by atoms with Crippen molar-refractivity contribution in [1.82, 2.24) is 5.32 Å². The molecule has 0 radical (unpaired) electrons. The molecule has 2 atom stereocenters. The van der Waals surface area contributed by atoms with Crippen LogP contribution < -0.4 is 11.1 Å². The molecule has 0 heterocycles. The average Bonchev–Trinajstić information content (AvgIpc) is 2.16. The fraction of sp³-hybridized carbons (Fsp3) is 0.889. The van der Waals surface area contributed by atoms with Crippen LogP contribution in [0.25, 0.3) is 0 Å². The van der Waals surface area contributed by atoms with Crippen LogP contribution in [0.4, 0.5) is 0 Å². The lowest BCUT2D eigenvalue weighted by molar-refractivity contribution is -0.129. The molecule has 84 valence electrons. The van der Waals surface area contributed by atoms with Crippen LogP contribution in [0.15, 0.2) is 0 Å². The lowest BCUT2D eigenvalue weighted by atomic mass is 9.95. The molecule has 1 amide bonds. The summed E-state index contributed by atoms with van der Waals surface area (Å²) < 4.78 is 9.98. The van der Waals surface area contributed by atoms with Gasteiger partial charge in [0.15, 0.2) is 0 Å². The number of ether oxygens (including phenoxy) is 2. The first-order valence-electron chi connectivity index (χ1n) is 4.55. The largest absolute Gasteiger partial charge is 0.383 e. The molecule has 5 heteroatoms. The zero-order valence-corrected chi connectivity index (χ0v) is 9.29. The Balaban J connectivity index is 4.32. The number of rotatable bonds is 7. The second kappa shape index (κ2) is 5.95. The number of nitrogens with two attached hydrogens (primary N) is 1. The van der Waals surface area contributed by atoms with E-state index in [0.29, 0.717) is 13.2 Å². The topological polar surface area (TPSA) is 73.6 Å². The summed E-state index contributed by atoms with van der Waals surface area (Å²) in [4.78, 5) is 11.3. The molecule has 0 rings (SSSR count). The lowest BCUT2D eigenvalue weighted by Gasteiger charge is -2.32. The quantitative estimate of drug-likeness (QED) is 0.548. The molecule has 0 saturated heterocycles.